The molecule has 1 atom stereocenters. The molecule has 0 bridgehead atoms. The summed E-state index contributed by atoms with van der Waals surface area (Å²) in [6.45, 7) is -0.273. The predicted molar refractivity (Wildman–Crippen MR) is 73.7 cm³/mol. The first-order chi connectivity index (χ1) is 8.75. The molecule has 1 rings (SSSR count). The molecule has 0 aliphatic carbocycles. The van der Waals surface area contributed by atoms with Crippen LogP contribution in [0.15, 0.2) is 23.1 Å². The first-order valence-electron chi connectivity index (χ1n) is 5.62. The van der Waals surface area contributed by atoms with Gasteiger partial charge in [-0.1, -0.05) is 0 Å². The molecule has 0 amide bonds. The van der Waals surface area contributed by atoms with E-state index in [1.807, 2.05) is 0 Å². The Kier molecular flexibility index (Phi) is 5.12. The molecule has 0 saturated heterocycles. The zero-order chi connectivity index (χ0) is 14.6. The van der Waals surface area contributed by atoms with Crippen molar-refractivity contribution in [2.75, 3.05) is 37.5 Å². The second-order valence-electron chi connectivity index (χ2n) is 4.34. The number of hydrogen-bond donors (Lipinski definition) is 4. The molecule has 0 heterocycles. The van der Waals surface area contributed by atoms with Gasteiger partial charge in [0.15, 0.2) is 0 Å². The molecular formula is C11H19N3O4S. The van der Waals surface area contributed by atoms with Crippen molar-refractivity contribution in [3.05, 3.63) is 18.2 Å². The van der Waals surface area contributed by atoms with Crippen LogP contribution in [0, 0.1) is 0 Å². The number of primary sulfonamides is 1. The fourth-order valence-electron chi connectivity index (χ4n) is 1.52. The summed E-state index contributed by atoms with van der Waals surface area (Å²) in [5, 5.41) is 26.0. The van der Waals surface area contributed by atoms with E-state index in [0.29, 0.717) is 5.69 Å². The lowest BCUT2D eigenvalue weighted by atomic mass is 10.2. The second kappa shape index (κ2) is 6.20. The van der Waals surface area contributed by atoms with Crippen LogP contribution in [0.25, 0.3) is 0 Å². The van der Waals surface area contributed by atoms with Gasteiger partial charge >= 0.3 is 0 Å². The van der Waals surface area contributed by atoms with Gasteiger partial charge in [0.05, 0.1) is 29.0 Å². The molecule has 0 aromatic heterocycles. The highest BCUT2D eigenvalue weighted by Crippen LogP contribution is 2.27. The number of nitrogens with two attached hydrogens (primary N) is 1. The maximum atomic E-state index is 11.3. The third-order valence-electron chi connectivity index (χ3n) is 2.52. The van der Waals surface area contributed by atoms with Gasteiger partial charge < -0.3 is 20.4 Å². The average molecular weight is 289 g/mol. The van der Waals surface area contributed by atoms with Gasteiger partial charge in [0.1, 0.15) is 0 Å². The second-order valence-corrected chi connectivity index (χ2v) is 5.90. The van der Waals surface area contributed by atoms with Crippen molar-refractivity contribution in [3.63, 3.8) is 0 Å². The topological polar surface area (TPSA) is 116 Å². The molecule has 108 valence electrons. The SMILES string of the molecule is CN(C)c1ccc(S(N)(=O)=O)cc1NCC(O)CO. The summed E-state index contributed by atoms with van der Waals surface area (Å²) in [7, 11) is -0.172. The molecule has 5 N–H and O–H groups in total. The molecule has 0 radical (unpaired) electrons. The fourth-order valence-corrected chi connectivity index (χ4v) is 2.06. The summed E-state index contributed by atoms with van der Waals surface area (Å²) in [5.74, 6) is 0. The third kappa shape index (κ3) is 4.35. The lowest BCUT2D eigenvalue weighted by Crippen LogP contribution is -2.24. The number of hydrogen-bond acceptors (Lipinski definition) is 6. The van der Waals surface area contributed by atoms with E-state index < -0.39 is 16.1 Å². The largest absolute Gasteiger partial charge is 0.394 e. The smallest absolute Gasteiger partial charge is 0.238 e. The van der Waals surface area contributed by atoms with E-state index in [-0.39, 0.29) is 18.0 Å². The van der Waals surface area contributed by atoms with Gasteiger partial charge in [0, 0.05) is 20.6 Å². The average Bonchev–Trinajstić information content (AvgIpc) is 2.34. The van der Waals surface area contributed by atoms with Gasteiger partial charge in [-0.2, -0.15) is 0 Å². The molecule has 0 aliphatic rings. The standard InChI is InChI=1S/C11H19N3O4S/c1-14(2)11-4-3-9(19(12,17)18)5-10(11)13-6-8(16)7-15/h3-5,8,13,15-16H,6-7H2,1-2H3,(H2,12,17,18). The highest BCUT2D eigenvalue weighted by Gasteiger charge is 2.13. The van der Waals surface area contributed by atoms with E-state index in [9.17, 15) is 13.5 Å². The van der Waals surface area contributed by atoms with Gasteiger partial charge in [-0.05, 0) is 18.2 Å². The number of nitrogens with one attached hydrogen (secondary N) is 1. The van der Waals surface area contributed by atoms with Crippen LogP contribution in [0.5, 0.6) is 0 Å². The van der Waals surface area contributed by atoms with Crippen molar-refractivity contribution in [1.29, 1.82) is 0 Å². The molecular weight excluding hydrogens is 270 g/mol. The van der Waals surface area contributed by atoms with E-state index in [1.54, 1.807) is 25.1 Å². The number of sulfonamides is 1. The molecule has 7 nitrogen and oxygen atoms in total. The van der Waals surface area contributed by atoms with Gasteiger partial charge in [-0.15, -0.1) is 0 Å². The Morgan fingerprint density at radius 3 is 2.53 bits per heavy atom. The van der Waals surface area contributed by atoms with Crippen LogP contribution in [0.4, 0.5) is 11.4 Å². The Morgan fingerprint density at radius 2 is 2.05 bits per heavy atom. The molecule has 8 heteroatoms. The lowest BCUT2D eigenvalue weighted by Gasteiger charge is -2.20. The monoisotopic (exact) mass is 289 g/mol. The molecule has 1 aromatic rings. The highest BCUT2D eigenvalue weighted by atomic mass is 32.2. The Balaban J connectivity index is 3.09. The fraction of sp³-hybridized carbons (Fsp3) is 0.455. The molecule has 0 fully saturated rings. The van der Waals surface area contributed by atoms with Crippen LogP contribution in [0.2, 0.25) is 0 Å². The Labute approximate surface area is 112 Å². The van der Waals surface area contributed by atoms with E-state index in [2.05, 4.69) is 5.32 Å². The van der Waals surface area contributed by atoms with Crippen LogP contribution in [0.1, 0.15) is 0 Å². The highest BCUT2D eigenvalue weighted by molar-refractivity contribution is 7.89. The molecule has 0 saturated carbocycles. The molecule has 1 aromatic carbocycles. The predicted octanol–water partition coefficient (Wildman–Crippen LogP) is -0.835. The van der Waals surface area contributed by atoms with Crippen LogP contribution in [-0.2, 0) is 10.0 Å². The first kappa shape index (κ1) is 15.7. The van der Waals surface area contributed by atoms with Gasteiger partial charge in [-0.25, -0.2) is 13.6 Å². The minimum atomic E-state index is -3.78. The molecule has 19 heavy (non-hydrogen) atoms. The molecule has 1 unspecified atom stereocenters. The zero-order valence-electron chi connectivity index (χ0n) is 10.9. The van der Waals surface area contributed by atoms with Crippen molar-refractivity contribution in [3.8, 4) is 0 Å². The van der Waals surface area contributed by atoms with E-state index in [0.717, 1.165) is 5.69 Å². The third-order valence-corrected chi connectivity index (χ3v) is 3.43. The van der Waals surface area contributed by atoms with Crippen molar-refractivity contribution in [1.82, 2.24) is 0 Å². The Hall–Kier alpha value is -1.35. The normalized spacial score (nSPS) is 13.1. The van der Waals surface area contributed by atoms with E-state index in [1.165, 1.54) is 12.1 Å². The summed E-state index contributed by atoms with van der Waals surface area (Å²) in [6.07, 6.45) is -0.923. The minimum Gasteiger partial charge on any atom is -0.394 e. The number of aliphatic hydroxyl groups excluding tert-OH is 2. The molecule has 0 aliphatic heterocycles. The zero-order valence-corrected chi connectivity index (χ0v) is 11.7. The Bertz CT molecular complexity index is 531. The van der Waals surface area contributed by atoms with Gasteiger partial charge in [-0.3, -0.25) is 0 Å². The maximum Gasteiger partial charge on any atom is 0.238 e. The number of benzene rings is 1. The first-order valence-corrected chi connectivity index (χ1v) is 7.17. The van der Waals surface area contributed by atoms with E-state index >= 15 is 0 Å². The molecule has 0 spiro atoms. The van der Waals surface area contributed by atoms with Crippen molar-refractivity contribution < 1.29 is 18.6 Å². The summed E-state index contributed by atoms with van der Waals surface area (Å²) < 4.78 is 22.6. The van der Waals surface area contributed by atoms with Crippen LogP contribution < -0.4 is 15.4 Å². The minimum absolute atomic E-state index is 0.0147. The quantitative estimate of drug-likeness (QED) is 0.543. The number of anilines is 2. The van der Waals surface area contributed by atoms with E-state index in [4.69, 9.17) is 10.2 Å². The van der Waals surface area contributed by atoms with Crippen LogP contribution in [0.3, 0.4) is 0 Å². The number of nitrogens with zero attached hydrogens (tertiary/aromatic N) is 1. The van der Waals surface area contributed by atoms with Crippen molar-refractivity contribution >= 4 is 21.4 Å². The van der Waals surface area contributed by atoms with Crippen molar-refractivity contribution in [2.45, 2.75) is 11.0 Å². The lowest BCUT2D eigenvalue weighted by molar-refractivity contribution is 0.105. The number of rotatable bonds is 6. The van der Waals surface area contributed by atoms with Gasteiger partial charge in [0.2, 0.25) is 10.0 Å². The van der Waals surface area contributed by atoms with Crippen molar-refractivity contribution in [2.24, 2.45) is 5.14 Å². The summed E-state index contributed by atoms with van der Waals surface area (Å²) >= 11 is 0. The Morgan fingerprint density at radius 1 is 1.42 bits per heavy atom. The summed E-state index contributed by atoms with van der Waals surface area (Å²) in [6, 6.07) is 4.43. The summed E-state index contributed by atoms with van der Waals surface area (Å²) in [4.78, 5) is 1.78. The van der Waals surface area contributed by atoms with Crippen LogP contribution >= 0.6 is 0 Å². The van der Waals surface area contributed by atoms with Gasteiger partial charge in [0.25, 0.3) is 0 Å². The van der Waals surface area contributed by atoms with Crippen LogP contribution in [-0.4, -0.2) is 52.0 Å². The maximum absolute atomic E-state index is 11.3. The number of aliphatic hydroxyl groups is 2. The summed E-state index contributed by atoms with van der Waals surface area (Å²) in [5.41, 5.74) is 1.27.